The SMILES string of the molecule is CCOC(=O)C1CC(CC)=CCN1.Cl. The van der Waals surface area contributed by atoms with E-state index in [-0.39, 0.29) is 24.4 Å². The van der Waals surface area contributed by atoms with E-state index in [9.17, 15) is 4.79 Å². The third-order valence-corrected chi connectivity index (χ3v) is 2.25. The van der Waals surface area contributed by atoms with E-state index in [2.05, 4.69) is 18.3 Å². The van der Waals surface area contributed by atoms with Gasteiger partial charge in [-0.25, -0.2) is 0 Å². The lowest BCUT2D eigenvalue weighted by molar-refractivity contribution is -0.145. The quantitative estimate of drug-likeness (QED) is 0.580. The molecule has 0 aliphatic carbocycles. The van der Waals surface area contributed by atoms with Gasteiger partial charge in [0.1, 0.15) is 6.04 Å². The summed E-state index contributed by atoms with van der Waals surface area (Å²) < 4.78 is 4.95. The third kappa shape index (κ3) is 3.68. The average Bonchev–Trinajstić information content (AvgIpc) is 2.18. The number of esters is 1. The Bertz CT molecular complexity index is 216. The summed E-state index contributed by atoms with van der Waals surface area (Å²) in [5.41, 5.74) is 1.34. The van der Waals surface area contributed by atoms with Crippen LogP contribution in [0.25, 0.3) is 0 Å². The van der Waals surface area contributed by atoms with Crippen molar-refractivity contribution in [1.82, 2.24) is 5.32 Å². The van der Waals surface area contributed by atoms with Crippen molar-refractivity contribution < 1.29 is 9.53 Å². The molecule has 0 fully saturated rings. The Morgan fingerprint density at radius 3 is 2.93 bits per heavy atom. The van der Waals surface area contributed by atoms with Crippen molar-refractivity contribution in [3.8, 4) is 0 Å². The van der Waals surface area contributed by atoms with Crippen molar-refractivity contribution in [2.45, 2.75) is 32.7 Å². The normalized spacial score (nSPS) is 20.7. The summed E-state index contributed by atoms with van der Waals surface area (Å²) in [6, 6.07) is -0.125. The van der Waals surface area contributed by atoms with Gasteiger partial charge in [0, 0.05) is 6.54 Å². The Morgan fingerprint density at radius 1 is 1.64 bits per heavy atom. The Morgan fingerprint density at radius 2 is 2.36 bits per heavy atom. The zero-order valence-corrected chi connectivity index (χ0v) is 9.52. The maximum Gasteiger partial charge on any atom is 0.323 e. The summed E-state index contributed by atoms with van der Waals surface area (Å²) in [5, 5.41) is 3.12. The second kappa shape index (κ2) is 6.85. The molecule has 1 aliphatic rings. The Labute approximate surface area is 91.3 Å². The topological polar surface area (TPSA) is 38.3 Å². The van der Waals surface area contributed by atoms with Gasteiger partial charge in [-0.3, -0.25) is 4.79 Å². The Balaban J connectivity index is 0.00000169. The fourth-order valence-corrected chi connectivity index (χ4v) is 1.46. The van der Waals surface area contributed by atoms with E-state index in [0.717, 1.165) is 19.4 Å². The molecule has 1 aliphatic heterocycles. The number of rotatable bonds is 3. The second-order valence-corrected chi connectivity index (χ2v) is 3.13. The molecule has 0 aromatic rings. The van der Waals surface area contributed by atoms with Crippen LogP contribution in [0.3, 0.4) is 0 Å². The van der Waals surface area contributed by atoms with Crippen molar-refractivity contribution in [1.29, 1.82) is 0 Å². The van der Waals surface area contributed by atoms with E-state index in [4.69, 9.17) is 4.74 Å². The molecule has 1 heterocycles. The lowest BCUT2D eigenvalue weighted by Gasteiger charge is -2.21. The maximum absolute atomic E-state index is 11.3. The predicted molar refractivity (Wildman–Crippen MR) is 58.7 cm³/mol. The fourth-order valence-electron chi connectivity index (χ4n) is 1.46. The number of hydrogen-bond donors (Lipinski definition) is 1. The predicted octanol–water partition coefficient (Wildman–Crippen LogP) is 1.67. The molecule has 0 aromatic carbocycles. The van der Waals surface area contributed by atoms with Crippen LogP contribution >= 0.6 is 12.4 Å². The second-order valence-electron chi connectivity index (χ2n) is 3.13. The van der Waals surface area contributed by atoms with Crippen LogP contribution in [0.1, 0.15) is 26.7 Å². The molecular formula is C10H18ClNO2. The smallest absolute Gasteiger partial charge is 0.323 e. The van der Waals surface area contributed by atoms with E-state index in [1.807, 2.05) is 6.92 Å². The molecule has 1 rings (SSSR count). The van der Waals surface area contributed by atoms with Gasteiger partial charge in [-0.15, -0.1) is 12.4 Å². The first-order chi connectivity index (χ1) is 6.27. The molecule has 3 nitrogen and oxygen atoms in total. The molecule has 0 saturated carbocycles. The highest BCUT2D eigenvalue weighted by Gasteiger charge is 2.22. The van der Waals surface area contributed by atoms with Crippen molar-refractivity contribution in [2.75, 3.05) is 13.2 Å². The van der Waals surface area contributed by atoms with Crippen LogP contribution in [-0.2, 0) is 9.53 Å². The van der Waals surface area contributed by atoms with Crippen molar-refractivity contribution >= 4 is 18.4 Å². The van der Waals surface area contributed by atoms with Gasteiger partial charge in [0.15, 0.2) is 0 Å². The van der Waals surface area contributed by atoms with E-state index in [0.29, 0.717) is 6.61 Å². The highest BCUT2D eigenvalue weighted by Crippen LogP contribution is 2.14. The summed E-state index contributed by atoms with van der Waals surface area (Å²) in [5.74, 6) is -0.124. The van der Waals surface area contributed by atoms with Crippen LogP contribution in [0.4, 0.5) is 0 Å². The number of halogens is 1. The van der Waals surface area contributed by atoms with Crippen molar-refractivity contribution in [2.24, 2.45) is 0 Å². The van der Waals surface area contributed by atoms with Crippen LogP contribution in [-0.4, -0.2) is 25.2 Å². The molecule has 1 unspecified atom stereocenters. The fraction of sp³-hybridized carbons (Fsp3) is 0.700. The lowest BCUT2D eigenvalue weighted by Crippen LogP contribution is -2.40. The van der Waals surface area contributed by atoms with Gasteiger partial charge in [0.25, 0.3) is 0 Å². The van der Waals surface area contributed by atoms with E-state index < -0.39 is 0 Å². The summed E-state index contributed by atoms with van der Waals surface area (Å²) in [6.07, 6.45) is 3.97. The van der Waals surface area contributed by atoms with Gasteiger partial charge < -0.3 is 10.1 Å². The first kappa shape index (κ1) is 13.5. The molecule has 0 radical (unpaired) electrons. The Kier molecular flexibility index (Phi) is 6.58. The monoisotopic (exact) mass is 219 g/mol. The molecule has 0 bridgehead atoms. The molecule has 0 spiro atoms. The van der Waals surface area contributed by atoms with Gasteiger partial charge in [0.05, 0.1) is 6.61 Å². The van der Waals surface area contributed by atoms with Crippen molar-refractivity contribution in [3.05, 3.63) is 11.6 Å². The van der Waals surface area contributed by atoms with Crippen molar-refractivity contribution in [3.63, 3.8) is 0 Å². The molecule has 0 amide bonds. The maximum atomic E-state index is 11.3. The molecular weight excluding hydrogens is 202 g/mol. The zero-order chi connectivity index (χ0) is 9.68. The standard InChI is InChI=1S/C10H17NO2.ClH/c1-3-8-5-6-11-9(7-8)10(12)13-4-2;/h5,9,11H,3-4,6-7H2,1-2H3;1H. The highest BCUT2D eigenvalue weighted by atomic mass is 35.5. The van der Waals surface area contributed by atoms with E-state index in [1.54, 1.807) is 0 Å². The van der Waals surface area contributed by atoms with Gasteiger partial charge in [-0.1, -0.05) is 18.6 Å². The summed E-state index contributed by atoms with van der Waals surface area (Å²) >= 11 is 0. The van der Waals surface area contributed by atoms with E-state index >= 15 is 0 Å². The number of carbonyl (C=O) groups excluding carboxylic acids is 1. The van der Waals surface area contributed by atoms with E-state index in [1.165, 1.54) is 5.57 Å². The first-order valence-electron chi connectivity index (χ1n) is 4.85. The van der Waals surface area contributed by atoms with Crippen LogP contribution in [0.5, 0.6) is 0 Å². The minimum Gasteiger partial charge on any atom is -0.465 e. The van der Waals surface area contributed by atoms with Gasteiger partial charge in [-0.2, -0.15) is 0 Å². The molecule has 1 atom stereocenters. The third-order valence-electron chi connectivity index (χ3n) is 2.25. The molecule has 14 heavy (non-hydrogen) atoms. The van der Waals surface area contributed by atoms with Crippen LogP contribution in [0.15, 0.2) is 11.6 Å². The van der Waals surface area contributed by atoms with Gasteiger partial charge in [0.2, 0.25) is 0 Å². The minimum atomic E-state index is -0.125. The molecule has 82 valence electrons. The van der Waals surface area contributed by atoms with Crippen LogP contribution < -0.4 is 5.32 Å². The number of nitrogens with one attached hydrogen (secondary N) is 1. The zero-order valence-electron chi connectivity index (χ0n) is 8.71. The Hall–Kier alpha value is -0.540. The number of carbonyl (C=O) groups is 1. The first-order valence-corrected chi connectivity index (χ1v) is 4.85. The molecule has 4 heteroatoms. The largest absolute Gasteiger partial charge is 0.465 e. The molecule has 0 aromatic heterocycles. The summed E-state index contributed by atoms with van der Waals surface area (Å²) in [7, 11) is 0. The lowest BCUT2D eigenvalue weighted by atomic mass is 10.0. The molecule has 0 saturated heterocycles. The number of hydrogen-bond acceptors (Lipinski definition) is 3. The average molecular weight is 220 g/mol. The van der Waals surface area contributed by atoms with Gasteiger partial charge >= 0.3 is 5.97 Å². The van der Waals surface area contributed by atoms with Crippen LogP contribution in [0.2, 0.25) is 0 Å². The van der Waals surface area contributed by atoms with Crippen LogP contribution in [0, 0.1) is 0 Å². The number of ether oxygens (including phenoxy) is 1. The summed E-state index contributed by atoms with van der Waals surface area (Å²) in [6.45, 7) is 5.19. The molecule has 1 N–H and O–H groups in total. The summed E-state index contributed by atoms with van der Waals surface area (Å²) in [4.78, 5) is 11.3. The minimum absolute atomic E-state index is 0. The van der Waals surface area contributed by atoms with Gasteiger partial charge in [-0.05, 0) is 19.8 Å². The highest BCUT2D eigenvalue weighted by molar-refractivity contribution is 5.85.